The molecule has 5 nitrogen and oxygen atoms in total. The Morgan fingerprint density at radius 1 is 1.35 bits per heavy atom. The van der Waals surface area contributed by atoms with Gasteiger partial charge in [-0.3, -0.25) is 14.9 Å². The lowest BCUT2D eigenvalue weighted by Gasteiger charge is -2.18. The quantitative estimate of drug-likeness (QED) is 0.861. The molecule has 1 aliphatic rings. The summed E-state index contributed by atoms with van der Waals surface area (Å²) >= 11 is 0. The number of rotatable bonds is 6. The molecule has 1 aliphatic carbocycles. The number of aryl methyl sites for hydroxylation is 2. The van der Waals surface area contributed by atoms with Crippen LogP contribution < -0.4 is 5.32 Å². The molecule has 1 atom stereocenters. The van der Waals surface area contributed by atoms with Gasteiger partial charge in [-0.2, -0.15) is 5.10 Å². The number of nitrogens with zero attached hydrogens (tertiary/aromatic N) is 2. The van der Waals surface area contributed by atoms with Crippen molar-refractivity contribution < 1.29 is 4.79 Å². The van der Waals surface area contributed by atoms with Crippen LogP contribution in [0.15, 0.2) is 24.5 Å². The van der Waals surface area contributed by atoms with E-state index in [1.165, 1.54) is 5.56 Å². The Labute approximate surface area is 136 Å². The average molecular weight is 312 g/mol. The molecule has 0 saturated heterocycles. The minimum Gasteiger partial charge on any atom is -0.355 e. The lowest BCUT2D eigenvalue weighted by atomic mass is 9.94. The second kappa shape index (κ2) is 6.14. The zero-order valence-corrected chi connectivity index (χ0v) is 14.0. The van der Waals surface area contributed by atoms with Crippen molar-refractivity contribution in [2.24, 2.45) is 0 Å². The monoisotopic (exact) mass is 312 g/mol. The Hall–Kier alpha value is -2.17. The Kier molecular flexibility index (Phi) is 4.20. The molecule has 0 aromatic carbocycles. The molecule has 23 heavy (non-hydrogen) atoms. The number of H-pyrrole nitrogens is 1. The van der Waals surface area contributed by atoms with Crippen molar-refractivity contribution >= 4 is 5.91 Å². The van der Waals surface area contributed by atoms with Crippen LogP contribution in [0.2, 0.25) is 0 Å². The minimum atomic E-state index is 0.109. The number of carbonyl (C=O) groups is 1. The molecule has 2 aromatic rings. The van der Waals surface area contributed by atoms with Crippen LogP contribution in [-0.4, -0.2) is 27.6 Å². The van der Waals surface area contributed by atoms with Crippen LogP contribution in [0.3, 0.4) is 0 Å². The van der Waals surface area contributed by atoms with Crippen molar-refractivity contribution in [3.63, 3.8) is 0 Å². The van der Waals surface area contributed by atoms with Crippen molar-refractivity contribution in [2.75, 3.05) is 6.54 Å². The zero-order valence-electron chi connectivity index (χ0n) is 14.0. The largest absolute Gasteiger partial charge is 0.355 e. The summed E-state index contributed by atoms with van der Waals surface area (Å²) < 4.78 is 0. The fourth-order valence-electron chi connectivity index (χ4n) is 3.43. The molecule has 0 spiro atoms. The number of amides is 1. The van der Waals surface area contributed by atoms with E-state index in [1.807, 2.05) is 26.2 Å². The molecule has 1 fully saturated rings. The summed E-state index contributed by atoms with van der Waals surface area (Å²) in [6.07, 6.45) is 6.40. The van der Waals surface area contributed by atoms with Gasteiger partial charge in [0.25, 0.3) is 0 Å². The van der Waals surface area contributed by atoms with E-state index >= 15 is 0 Å². The van der Waals surface area contributed by atoms with Crippen molar-refractivity contribution in [3.05, 3.63) is 47.0 Å². The molecular weight excluding hydrogens is 288 g/mol. The highest BCUT2D eigenvalue weighted by molar-refractivity contribution is 5.77. The summed E-state index contributed by atoms with van der Waals surface area (Å²) in [6, 6.07) is 4.11. The smallest absolute Gasteiger partial charge is 0.220 e. The molecule has 3 rings (SSSR count). The molecule has 2 N–H and O–H groups in total. The summed E-state index contributed by atoms with van der Waals surface area (Å²) in [5.74, 6) is 0.280. The van der Waals surface area contributed by atoms with E-state index < -0.39 is 0 Å². The summed E-state index contributed by atoms with van der Waals surface area (Å²) in [7, 11) is 0. The van der Waals surface area contributed by atoms with Gasteiger partial charge in [0.15, 0.2) is 0 Å². The van der Waals surface area contributed by atoms with Gasteiger partial charge in [0.1, 0.15) is 0 Å². The normalized spacial score (nSPS) is 16.8. The predicted molar refractivity (Wildman–Crippen MR) is 89.3 cm³/mol. The maximum absolute atomic E-state index is 12.3. The maximum atomic E-state index is 12.3. The zero-order chi connectivity index (χ0) is 16.4. The van der Waals surface area contributed by atoms with Crippen molar-refractivity contribution in [1.82, 2.24) is 20.5 Å². The SMILES string of the molecule is Cc1n[nH]c(C)c1[C@@H](C)CC(=O)NCC1(c2ccncc2)CC1. The molecule has 122 valence electrons. The van der Waals surface area contributed by atoms with Gasteiger partial charge < -0.3 is 5.32 Å². The molecule has 0 unspecified atom stereocenters. The second-order valence-electron chi connectivity index (χ2n) is 6.75. The summed E-state index contributed by atoms with van der Waals surface area (Å²) in [4.78, 5) is 16.4. The van der Waals surface area contributed by atoms with E-state index in [2.05, 4.69) is 39.6 Å². The Morgan fingerprint density at radius 3 is 2.61 bits per heavy atom. The Bertz CT molecular complexity index is 669. The fraction of sp³-hybridized carbons (Fsp3) is 0.500. The third-order valence-electron chi connectivity index (χ3n) is 4.94. The van der Waals surface area contributed by atoms with Gasteiger partial charge in [0.2, 0.25) is 5.91 Å². The third kappa shape index (κ3) is 3.28. The van der Waals surface area contributed by atoms with Crippen LogP contribution >= 0.6 is 0 Å². The molecule has 0 aliphatic heterocycles. The number of hydrogen-bond acceptors (Lipinski definition) is 3. The van der Waals surface area contributed by atoms with E-state index in [1.54, 1.807) is 0 Å². The molecule has 0 radical (unpaired) electrons. The number of aromatic amines is 1. The van der Waals surface area contributed by atoms with Crippen molar-refractivity contribution in [3.8, 4) is 0 Å². The molecule has 1 amide bonds. The minimum absolute atomic E-state index is 0.109. The molecular formula is C18H24N4O. The van der Waals surface area contributed by atoms with E-state index in [-0.39, 0.29) is 17.2 Å². The average Bonchev–Trinajstić information content (AvgIpc) is 3.26. The summed E-state index contributed by atoms with van der Waals surface area (Å²) in [5.41, 5.74) is 4.61. The topological polar surface area (TPSA) is 70.7 Å². The van der Waals surface area contributed by atoms with Gasteiger partial charge in [0.05, 0.1) is 5.69 Å². The van der Waals surface area contributed by atoms with E-state index in [0.29, 0.717) is 13.0 Å². The second-order valence-corrected chi connectivity index (χ2v) is 6.75. The standard InChI is InChI=1S/C18H24N4O/c1-12(17-13(2)21-22-14(17)3)10-16(23)20-11-18(6-7-18)15-4-8-19-9-5-15/h4-5,8-9,12H,6-7,10-11H2,1-3H3,(H,20,23)(H,21,22)/t12-/m0/s1. The van der Waals surface area contributed by atoms with Crippen LogP contribution in [0, 0.1) is 13.8 Å². The molecule has 0 bridgehead atoms. The highest BCUT2D eigenvalue weighted by Crippen LogP contribution is 2.47. The first kappa shape index (κ1) is 15.7. The maximum Gasteiger partial charge on any atom is 0.220 e. The first-order valence-electron chi connectivity index (χ1n) is 8.20. The Morgan fingerprint density at radius 2 is 2.04 bits per heavy atom. The third-order valence-corrected chi connectivity index (χ3v) is 4.94. The fourth-order valence-corrected chi connectivity index (χ4v) is 3.43. The van der Waals surface area contributed by atoms with Crippen LogP contribution in [-0.2, 0) is 10.2 Å². The van der Waals surface area contributed by atoms with E-state index in [0.717, 1.165) is 29.8 Å². The summed E-state index contributed by atoms with van der Waals surface area (Å²) in [6.45, 7) is 6.79. The molecule has 2 heterocycles. The van der Waals surface area contributed by atoms with Crippen LogP contribution in [0.4, 0.5) is 0 Å². The number of aromatic nitrogens is 3. The van der Waals surface area contributed by atoms with Gasteiger partial charge in [-0.1, -0.05) is 6.92 Å². The van der Waals surface area contributed by atoms with Crippen LogP contribution in [0.25, 0.3) is 0 Å². The van der Waals surface area contributed by atoms with E-state index in [4.69, 9.17) is 0 Å². The number of nitrogens with one attached hydrogen (secondary N) is 2. The van der Waals surface area contributed by atoms with Crippen LogP contribution in [0.1, 0.15) is 54.6 Å². The van der Waals surface area contributed by atoms with Gasteiger partial charge in [-0.15, -0.1) is 0 Å². The highest BCUT2D eigenvalue weighted by Gasteiger charge is 2.44. The van der Waals surface area contributed by atoms with Gasteiger partial charge >= 0.3 is 0 Å². The number of hydrogen-bond donors (Lipinski definition) is 2. The van der Waals surface area contributed by atoms with Crippen LogP contribution in [0.5, 0.6) is 0 Å². The van der Waals surface area contributed by atoms with Crippen molar-refractivity contribution in [2.45, 2.75) is 51.4 Å². The van der Waals surface area contributed by atoms with Crippen molar-refractivity contribution in [1.29, 1.82) is 0 Å². The number of carbonyl (C=O) groups excluding carboxylic acids is 1. The van der Waals surface area contributed by atoms with Gasteiger partial charge in [-0.05, 0) is 55.9 Å². The molecule has 2 aromatic heterocycles. The van der Waals surface area contributed by atoms with Gasteiger partial charge in [0, 0.05) is 36.5 Å². The summed E-state index contributed by atoms with van der Waals surface area (Å²) in [5, 5.41) is 10.3. The number of pyridine rings is 1. The van der Waals surface area contributed by atoms with Gasteiger partial charge in [-0.25, -0.2) is 0 Å². The molecule has 5 heteroatoms. The molecule has 1 saturated carbocycles. The highest BCUT2D eigenvalue weighted by atomic mass is 16.1. The lowest BCUT2D eigenvalue weighted by Crippen LogP contribution is -2.32. The van der Waals surface area contributed by atoms with E-state index in [9.17, 15) is 4.79 Å². The first-order valence-corrected chi connectivity index (χ1v) is 8.20. The first-order chi connectivity index (χ1) is 11.0. The lowest BCUT2D eigenvalue weighted by molar-refractivity contribution is -0.121. The predicted octanol–water partition coefficient (Wildman–Crippen LogP) is 2.76. The Balaban J connectivity index is 1.56.